The molecule has 2 aliphatic carbocycles. The number of fused-ring (bicyclic) bond motifs is 1. The maximum absolute atomic E-state index is 3.55. The van der Waals surface area contributed by atoms with Crippen molar-refractivity contribution in [1.29, 1.82) is 0 Å². The van der Waals surface area contributed by atoms with Crippen LogP contribution in [0.15, 0.2) is 35.9 Å². The fraction of sp³-hybridized carbons (Fsp3) is 0.500. The fourth-order valence-corrected chi connectivity index (χ4v) is 3.39. The molecule has 3 rings (SSSR count). The van der Waals surface area contributed by atoms with Gasteiger partial charge in [-0.1, -0.05) is 35.9 Å². The van der Waals surface area contributed by atoms with Crippen molar-refractivity contribution in [3.8, 4) is 0 Å². The fourth-order valence-electron chi connectivity index (χ4n) is 3.39. The van der Waals surface area contributed by atoms with Gasteiger partial charge in [0.2, 0.25) is 0 Å². The van der Waals surface area contributed by atoms with Crippen molar-refractivity contribution >= 4 is 0 Å². The average Bonchev–Trinajstić information content (AvgIpc) is 2.37. The van der Waals surface area contributed by atoms with Crippen molar-refractivity contribution in [3.63, 3.8) is 0 Å². The Bertz CT molecular complexity index is 433. The normalized spacial score (nSPS) is 24.5. The highest BCUT2D eigenvalue weighted by Gasteiger charge is 2.33. The maximum Gasteiger partial charge on any atom is 0.0349 e. The third kappa shape index (κ3) is 1.93. The zero-order valence-corrected chi connectivity index (χ0v) is 10.6. The summed E-state index contributed by atoms with van der Waals surface area (Å²) in [6.07, 6.45) is 9.05. The van der Waals surface area contributed by atoms with Gasteiger partial charge >= 0.3 is 0 Å². The van der Waals surface area contributed by atoms with Crippen molar-refractivity contribution in [2.75, 3.05) is 7.05 Å². The first kappa shape index (κ1) is 11.0. The summed E-state index contributed by atoms with van der Waals surface area (Å²) in [6, 6.07) is 9.48. The van der Waals surface area contributed by atoms with E-state index in [4.69, 9.17) is 0 Å². The Morgan fingerprint density at radius 2 is 2.12 bits per heavy atom. The van der Waals surface area contributed by atoms with Crippen LogP contribution in [0.25, 0.3) is 0 Å². The first-order valence-corrected chi connectivity index (χ1v) is 6.84. The lowest BCUT2D eigenvalue weighted by Crippen LogP contribution is -2.39. The number of nitrogens with one attached hydrogen (secondary N) is 1. The molecule has 1 nitrogen and oxygen atoms in total. The molecular weight excluding hydrogens is 206 g/mol. The Morgan fingerprint density at radius 3 is 2.82 bits per heavy atom. The molecular formula is C16H21N. The largest absolute Gasteiger partial charge is 0.313 e. The Hall–Kier alpha value is -1.08. The van der Waals surface area contributed by atoms with Crippen LogP contribution < -0.4 is 5.32 Å². The summed E-state index contributed by atoms with van der Waals surface area (Å²) >= 11 is 0. The molecule has 0 amide bonds. The molecule has 1 N–H and O–H groups in total. The smallest absolute Gasteiger partial charge is 0.0349 e. The highest BCUT2D eigenvalue weighted by Crippen LogP contribution is 2.40. The van der Waals surface area contributed by atoms with E-state index in [1.807, 2.05) is 0 Å². The number of rotatable bonds is 3. The lowest BCUT2D eigenvalue weighted by atomic mass is 9.70. The molecule has 1 aromatic carbocycles. The van der Waals surface area contributed by atoms with Gasteiger partial charge < -0.3 is 5.32 Å². The maximum atomic E-state index is 3.55. The van der Waals surface area contributed by atoms with E-state index in [9.17, 15) is 0 Å². The molecule has 1 aromatic rings. The van der Waals surface area contributed by atoms with Gasteiger partial charge in [-0.15, -0.1) is 0 Å². The Labute approximate surface area is 104 Å². The lowest BCUT2D eigenvalue weighted by Gasteiger charge is -2.38. The standard InChI is InChI=1S/C16H21N/c1-17-16(12-7-3-2-4-8-12)15-11-13-9-5-6-10-14(13)15/h5-7,9-10,15-17H,2-4,8,11H2,1H3. The summed E-state index contributed by atoms with van der Waals surface area (Å²) in [4.78, 5) is 0. The molecule has 0 aromatic heterocycles. The highest BCUT2D eigenvalue weighted by atomic mass is 14.9. The summed E-state index contributed by atoms with van der Waals surface area (Å²) < 4.78 is 0. The molecule has 0 fully saturated rings. The van der Waals surface area contributed by atoms with E-state index in [0.29, 0.717) is 12.0 Å². The summed E-state index contributed by atoms with van der Waals surface area (Å²) in [5.74, 6) is 0.709. The quantitative estimate of drug-likeness (QED) is 0.780. The minimum Gasteiger partial charge on any atom is -0.313 e. The molecule has 2 atom stereocenters. The zero-order chi connectivity index (χ0) is 11.7. The van der Waals surface area contributed by atoms with Crippen LogP contribution in [-0.4, -0.2) is 13.1 Å². The van der Waals surface area contributed by atoms with Crippen LogP contribution in [0, 0.1) is 0 Å². The minimum atomic E-state index is 0.574. The van der Waals surface area contributed by atoms with E-state index in [1.54, 1.807) is 16.7 Å². The molecule has 90 valence electrons. The van der Waals surface area contributed by atoms with Gasteiger partial charge in [-0.05, 0) is 50.3 Å². The van der Waals surface area contributed by atoms with E-state index >= 15 is 0 Å². The lowest BCUT2D eigenvalue weighted by molar-refractivity contribution is 0.449. The number of likely N-dealkylation sites (N-methyl/N-ethyl adjacent to an activating group) is 1. The van der Waals surface area contributed by atoms with Gasteiger partial charge in [0.15, 0.2) is 0 Å². The van der Waals surface area contributed by atoms with Crippen LogP contribution in [-0.2, 0) is 6.42 Å². The van der Waals surface area contributed by atoms with Crippen LogP contribution in [0.1, 0.15) is 42.7 Å². The van der Waals surface area contributed by atoms with E-state index < -0.39 is 0 Å². The van der Waals surface area contributed by atoms with E-state index in [1.165, 1.54) is 32.1 Å². The molecule has 1 heteroatoms. The third-order valence-corrected chi connectivity index (χ3v) is 4.33. The molecule has 2 aliphatic rings. The predicted molar refractivity (Wildman–Crippen MR) is 72.3 cm³/mol. The second-order valence-electron chi connectivity index (χ2n) is 5.30. The molecule has 0 saturated heterocycles. The molecule has 0 aliphatic heterocycles. The van der Waals surface area contributed by atoms with Gasteiger partial charge in [-0.25, -0.2) is 0 Å². The Balaban J connectivity index is 1.82. The van der Waals surface area contributed by atoms with Crippen molar-refractivity contribution in [2.45, 2.75) is 44.1 Å². The monoisotopic (exact) mass is 227 g/mol. The summed E-state index contributed by atoms with van der Waals surface area (Å²) in [7, 11) is 2.11. The van der Waals surface area contributed by atoms with E-state index in [2.05, 4.69) is 42.7 Å². The predicted octanol–water partition coefficient (Wildman–Crippen LogP) is 3.41. The van der Waals surface area contributed by atoms with E-state index in [-0.39, 0.29) is 0 Å². The molecule has 0 saturated carbocycles. The van der Waals surface area contributed by atoms with Crippen LogP contribution in [0.4, 0.5) is 0 Å². The van der Waals surface area contributed by atoms with Gasteiger partial charge in [-0.2, -0.15) is 0 Å². The number of allylic oxidation sites excluding steroid dienone is 1. The van der Waals surface area contributed by atoms with Crippen LogP contribution in [0.2, 0.25) is 0 Å². The zero-order valence-electron chi connectivity index (χ0n) is 10.6. The second kappa shape index (κ2) is 4.66. The van der Waals surface area contributed by atoms with Crippen molar-refractivity contribution in [2.24, 2.45) is 0 Å². The first-order chi connectivity index (χ1) is 8.40. The van der Waals surface area contributed by atoms with Gasteiger partial charge in [-0.3, -0.25) is 0 Å². The van der Waals surface area contributed by atoms with Crippen LogP contribution >= 0.6 is 0 Å². The second-order valence-corrected chi connectivity index (χ2v) is 5.30. The number of benzene rings is 1. The Morgan fingerprint density at radius 1 is 1.24 bits per heavy atom. The topological polar surface area (TPSA) is 12.0 Å². The molecule has 0 bridgehead atoms. The third-order valence-electron chi connectivity index (χ3n) is 4.33. The average molecular weight is 227 g/mol. The van der Waals surface area contributed by atoms with E-state index in [0.717, 1.165) is 0 Å². The summed E-state index contributed by atoms with van der Waals surface area (Å²) in [5, 5.41) is 3.55. The molecule has 0 spiro atoms. The molecule has 2 unspecified atom stereocenters. The summed E-state index contributed by atoms with van der Waals surface area (Å²) in [6.45, 7) is 0. The number of hydrogen-bond acceptors (Lipinski definition) is 1. The van der Waals surface area contributed by atoms with Crippen molar-refractivity contribution < 1.29 is 0 Å². The van der Waals surface area contributed by atoms with Gasteiger partial charge in [0.05, 0.1) is 0 Å². The Kier molecular flexibility index (Phi) is 3.02. The highest BCUT2D eigenvalue weighted by molar-refractivity contribution is 5.43. The molecule has 0 heterocycles. The van der Waals surface area contributed by atoms with Crippen molar-refractivity contribution in [1.82, 2.24) is 5.32 Å². The SMILES string of the molecule is CNC(C1=CCCCC1)C1Cc2ccccc21. The van der Waals surface area contributed by atoms with Gasteiger partial charge in [0.25, 0.3) is 0 Å². The first-order valence-electron chi connectivity index (χ1n) is 6.84. The molecule has 0 radical (unpaired) electrons. The number of hydrogen-bond donors (Lipinski definition) is 1. The van der Waals surface area contributed by atoms with Crippen LogP contribution in [0.3, 0.4) is 0 Å². The minimum absolute atomic E-state index is 0.574. The van der Waals surface area contributed by atoms with Crippen LogP contribution in [0.5, 0.6) is 0 Å². The summed E-state index contributed by atoms with van der Waals surface area (Å²) in [5.41, 5.74) is 4.77. The van der Waals surface area contributed by atoms with Gasteiger partial charge in [0.1, 0.15) is 0 Å². The van der Waals surface area contributed by atoms with Crippen molar-refractivity contribution in [3.05, 3.63) is 47.0 Å². The molecule has 17 heavy (non-hydrogen) atoms. The van der Waals surface area contributed by atoms with Gasteiger partial charge in [0, 0.05) is 12.0 Å².